The third-order valence-corrected chi connectivity index (χ3v) is 8.10. The van der Waals surface area contributed by atoms with Gasteiger partial charge in [-0.25, -0.2) is 9.69 Å². The highest BCUT2D eigenvalue weighted by atomic mass is 16.6. The summed E-state index contributed by atoms with van der Waals surface area (Å²) in [7, 11) is 1.59. The molecule has 214 valence electrons. The van der Waals surface area contributed by atoms with Crippen LogP contribution in [-0.2, 0) is 26.5 Å². The minimum Gasteiger partial charge on any atom is -0.497 e. The first-order valence-electron chi connectivity index (χ1n) is 14.0. The summed E-state index contributed by atoms with van der Waals surface area (Å²) in [5.74, 6) is -0.118. The summed E-state index contributed by atoms with van der Waals surface area (Å²) >= 11 is 0. The molecule has 0 aliphatic carbocycles. The molecule has 0 spiro atoms. The van der Waals surface area contributed by atoms with Crippen molar-refractivity contribution in [1.29, 1.82) is 0 Å². The zero-order valence-electron chi connectivity index (χ0n) is 23.7. The zero-order chi connectivity index (χ0) is 29.2. The van der Waals surface area contributed by atoms with Gasteiger partial charge in [0.15, 0.2) is 11.2 Å². The minimum absolute atomic E-state index is 0.00600. The first kappa shape index (κ1) is 28.4. The fourth-order valence-electron chi connectivity index (χ4n) is 6.14. The Bertz CT molecular complexity index is 1350. The van der Waals surface area contributed by atoms with Gasteiger partial charge in [-0.3, -0.25) is 9.59 Å². The van der Waals surface area contributed by atoms with Gasteiger partial charge in [-0.1, -0.05) is 86.6 Å². The molecule has 2 saturated heterocycles. The maximum absolute atomic E-state index is 13.6. The number of ether oxygens (including phenoxy) is 2. The Kier molecular flexibility index (Phi) is 7.87. The Balaban J connectivity index is 1.27. The minimum atomic E-state index is -1.51. The second-order valence-electron chi connectivity index (χ2n) is 11.2. The lowest BCUT2D eigenvalue weighted by atomic mass is 9.75. The molecule has 8 heteroatoms. The van der Waals surface area contributed by atoms with Crippen LogP contribution >= 0.6 is 0 Å². The average Bonchev–Trinajstić information content (AvgIpc) is 3.32. The van der Waals surface area contributed by atoms with Crippen LogP contribution in [0.1, 0.15) is 49.8 Å². The van der Waals surface area contributed by atoms with Crippen LogP contribution in [0.15, 0.2) is 84.9 Å². The first-order chi connectivity index (χ1) is 19.7. The van der Waals surface area contributed by atoms with Crippen molar-refractivity contribution in [3.05, 3.63) is 102 Å². The van der Waals surface area contributed by atoms with Crippen molar-refractivity contribution in [3.63, 3.8) is 0 Å². The van der Waals surface area contributed by atoms with Gasteiger partial charge in [0.1, 0.15) is 5.75 Å². The molecule has 2 atom stereocenters. The smallest absolute Gasteiger partial charge is 0.418 e. The third kappa shape index (κ3) is 5.20. The highest BCUT2D eigenvalue weighted by Gasteiger charge is 2.59. The van der Waals surface area contributed by atoms with Gasteiger partial charge in [0.25, 0.3) is 5.91 Å². The number of amides is 3. The fraction of sp³-hybridized carbons (Fsp3) is 0.364. The van der Waals surface area contributed by atoms with Crippen LogP contribution in [0.3, 0.4) is 0 Å². The van der Waals surface area contributed by atoms with E-state index in [-0.39, 0.29) is 43.5 Å². The predicted octanol–water partition coefficient (Wildman–Crippen LogP) is 4.89. The lowest BCUT2D eigenvalue weighted by molar-refractivity contribution is -0.178. The molecule has 2 heterocycles. The van der Waals surface area contributed by atoms with Crippen LogP contribution in [0.2, 0.25) is 0 Å². The number of imide groups is 1. The molecule has 41 heavy (non-hydrogen) atoms. The van der Waals surface area contributed by atoms with Crippen LogP contribution in [0.5, 0.6) is 5.75 Å². The number of aliphatic hydroxyl groups is 1. The molecule has 3 aromatic carbocycles. The van der Waals surface area contributed by atoms with Crippen molar-refractivity contribution in [2.24, 2.45) is 5.92 Å². The van der Waals surface area contributed by atoms with E-state index in [1.165, 1.54) is 4.90 Å². The molecule has 3 aromatic rings. The number of methoxy groups -OCH3 is 1. The summed E-state index contributed by atoms with van der Waals surface area (Å²) < 4.78 is 11.3. The molecule has 0 saturated carbocycles. The Morgan fingerprint density at radius 1 is 0.976 bits per heavy atom. The lowest BCUT2D eigenvalue weighted by Crippen LogP contribution is -2.66. The van der Waals surface area contributed by atoms with E-state index < -0.39 is 23.3 Å². The van der Waals surface area contributed by atoms with Crippen LogP contribution in [0.25, 0.3) is 0 Å². The molecule has 0 unspecified atom stereocenters. The number of β-amino-alcohol motifs (C(OH)–C–C–N with tert-alkyl or cyclic N) is 1. The van der Waals surface area contributed by atoms with Crippen molar-refractivity contribution in [2.75, 3.05) is 13.7 Å². The number of nitrogens with zero attached hydrogens (tertiary/aromatic N) is 2. The fourth-order valence-corrected chi connectivity index (χ4v) is 6.14. The van der Waals surface area contributed by atoms with E-state index in [4.69, 9.17) is 9.47 Å². The largest absolute Gasteiger partial charge is 0.497 e. The standard InChI is InChI=1S/C33H36N2O6/c1-23(2)29-33(25-11-6-4-7-12-25,26-13-8-5-9-14-26)41-31(38)35(29)28(36)15-10-20-32(39)22-34(30(32)37)21-24-16-18-27(40-3)19-17-24/h4-9,11-14,16-19,23,29,39H,10,15,20-22H2,1-3H3/t29-,32-/m0/s1. The summed E-state index contributed by atoms with van der Waals surface area (Å²) in [6.07, 6.45) is -0.290. The highest BCUT2D eigenvalue weighted by molar-refractivity contribution is 5.95. The Morgan fingerprint density at radius 3 is 2.07 bits per heavy atom. The van der Waals surface area contributed by atoms with Crippen LogP contribution in [-0.4, -0.2) is 58.1 Å². The number of hydrogen-bond acceptors (Lipinski definition) is 6. The molecule has 0 aromatic heterocycles. The summed E-state index contributed by atoms with van der Waals surface area (Å²) in [5.41, 5.74) is -0.148. The molecule has 1 N–H and O–H groups in total. The van der Waals surface area contributed by atoms with Gasteiger partial charge in [0.05, 0.1) is 19.7 Å². The number of rotatable bonds is 10. The second-order valence-corrected chi connectivity index (χ2v) is 11.2. The molecule has 0 bridgehead atoms. The SMILES string of the molecule is COc1ccc(CN2C[C@@](O)(CCCC(=O)N3C(=O)OC(c4ccccc4)(c4ccccc4)[C@@H]3C(C)C)C2=O)cc1. The summed E-state index contributed by atoms with van der Waals surface area (Å²) in [4.78, 5) is 42.6. The van der Waals surface area contributed by atoms with E-state index in [1.54, 1.807) is 12.0 Å². The number of β-lactam (4-membered cyclic amide) rings is 1. The topological polar surface area (TPSA) is 96.4 Å². The number of carbonyl (C=O) groups excluding carboxylic acids is 3. The molecular weight excluding hydrogens is 520 g/mol. The number of benzene rings is 3. The van der Waals surface area contributed by atoms with Crippen LogP contribution in [0, 0.1) is 5.92 Å². The van der Waals surface area contributed by atoms with Gasteiger partial charge in [-0.05, 0) is 36.5 Å². The number of cyclic esters (lactones) is 1. The molecule has 2 fully saturated rings. The van der Waals surface area contributed by atoms with Gasteiger partial charge >= 0.3 is 6.09 Å². The van der Waals surface area contributed by atoms with Gasteiger partial charge < -0.3 is 19.5 Å². The van der Waals surface area contributed by atoms with Gasteiger partial charge in [0, 0.05) is 24.1 Å². The van der Waals surface area contributed by atoms with Crippen molar-refractivity contribution >= 4 is 17.9 Å². The molecule has 2 aliphatic heterocycles. The van der Waals surface area contributed by atoms with Crippen molar-refractivity contribution in [2.45, 2.75) is 56.9 Å². The Labute approximate surface area is 240 Å². The maximum Gasteiger partial charge on any atom is 0.418 e. The Morgan fingerprint density at radius 2 is 1.56 bits per heavy atom. The van der Waals surface area contributed by atoms with Crippen molar-refractivity contribution in [1.82, 2.24) is 9.80 Å². The molecule has 3 amide bonds. The lowest BCUT2D eigenvalue weighted by Gasteiger charge is -2.45. The van der Waals surface area contributed by atoms with E-state index in [0.29, 0.717) is 6.54 Å². The van der Waals surface area contributed by atoms with Gasteiger partial charge in [-0.2, -0.15) is 0 Å². The van der Waals surface area contributed by atoms with Crippen LogP contribution < -0.4 is 4.74 Å². The highest BCUT2D eigenvalue weighted by Crippen LogP contribution is 2.47. The second kappa shape index (κ2) is 11.4. The summed E-state index contributed by atoms with van der Waals surface area (Å²) in [6, 6.07) is 25.9. The van der Waals surface area contributed by atoms with E-state index in [2.05, 4.69) is 0 Å². The van der Waals surface area contributed by atoms with Crippen LogP contribution in [0.4, 0.5) is 4.79 Å². The van der Waals surface area contributed by atoms with Gasteiger partial charge in [0.2, 0.25) is 5.91 Å². The molecular formula is C33H36N2O6. The zero-order valence-corrected chi connectivity index (χ0v) is 23.7. The van der Waals surface area contributed by atoms with E-state index in [0.717, 1.165) is 22.4 Å². The Hall–Kier alpha value is -4.17. The molecule has 8 nitrogen and oxygen atoms in total. The summed E-state index contributed by atoms with van der Waals surface area (Å²) in [5, 5.41) is 10.9. The van der Waals surface area contributed by atoms with Crippen molar-refractivity contribution in [3.8, 4) is 5.75 Å². The third-order valence-electron chi connectivity index (χ3n) is 8.10. The monoisotopic (exact) mass is 556 g/mol. The number of hydrogen-bond donors (Lipinski definition) is 1. The average molecular weight is 557 g/mol. The van der Waals surface area contributed by atoms with Crippen molar-refractivity contribution < 1.29 is 29.0 Å². The predicted molar refractivity (Wildman–Crippen MR) is 153 cm³/mol. The quantitative estimate of drug-likeness (QED) is 0.358. The van der Waals surface area contributed by atoms with E-state index in [1.807, 2.05) is 98.8 Å². The normalized spacial score (nSPS) is 21.5. The number of likely N-dealkylation sites (tertiary alicyclic amines) is 1. The molecule has 5 rings (SSSR count). The van der Waals surface area contributed by atoms with E-state index >= 15 is 0 Å². The number of carbonyl (C=O) groups is 3. The first-order valence-corrected chi connectivity index (χ1v) is 14.0. The van der Waals surface area contributed by atoms with Gasteiger partial charge in [-0.15, -0.1) is 0 Å². The molecule has 2 aliphatic rings. The molecule has 0 radical (unpaired) electrons. The van der Waals surface area contributed by atoms with E-state index in [9.17, 15) is 19.5 Å². The summed E-state index contributed by atoms with van der Waals surface area (Å²) in [6.45, 7) is 4.53. The maximum atomic E-state index is 13.6.